The molecule has 0 saturated carbocycles. The van der Waals surface area contributed by atoms with E-state index in [4.69, 9.17) is 9.47 Å². The third kappa shape index (κ3) is 5.27. The van der Waals surface area contributed by atoms with Crippen LogP contribution in [0.1, 0.15) is 44.5 Å². The Morgan fingerprint density at radius 3 is 2.32 bits per heavy atom. The summed E-state index contributed by atoms with van der Waals surface area (Å²) in [7, 11) is 0. The highest BCUT2D eigenvalue weighted by molar-refractivity contribution is 5.18. The quantitative estimate of drug-likeness (QED) is 0.698. The van der Waals surface area contributed by atoms with Crippen molar-refractivity contribution in [2.75, 3.05) is 19.8 Å². The van der Waals surface area contributed by atoms with Crippen molar-refractivity contribution in [1.82, 2.24) is 10.3 Å². The molecule has 0 aromatic carbocycles. The summed E-state index contributed by atoms with van der Waals surface area (Å²) in [6.07, 6.45) is 2.69. The van der Waals surface area contributed by atoms with Crippen LogP contribution in [0.4, 0.5) is 0 Å². The highest BCUT2D eigenvalue weighted by Gasteiger charge is 2.23. The molecule has 1 unspecified atom stereocenters. The molecule has 0 saturated heterocycles. The zero-order valence-electron chi connectivity index (χ0n) is 12.5. The Balaban J connectivity index is 2.86. The molecule has 0 spiro atoms. The van der Waals surface area contributed by atoms with Crippen molar-refractivity contribution in [2.45, 2.75) is 46.4 Å². The predicted octanol–water partition coefficient (Wildman–Crippen LogP) is 2.83. The van der Waals surface area contributed by atoms with E-state index in [1.165, 1.54) is 0 Å². The summed E-state index contributed by atoms with van der Waals surface area (Å²) in [6, 6.07) is 4.12. The van der Waals surface area contributed by atoms with Crippen LogP contribution in [0, 0.1) is 6.92 Å². The van der Waals surface area contributed by atoms with Crippen molar-refractivity contribution < 1.29 is 9.47 Å². The maximum atomic E-state index is 5.71. The number of ether oxygens (including phenoxy) is 2. The van der Waals surface area contributed by atoms with Gasteiger partial charge in [-0.15, -0.1) is 0 Å². The topological polar surface area (TPSA) is 43.4 Å². The van der Waals surface area contributed by atoms with E-state index in [2.05, 4.69) is 23.3 Å². The van der Waals surface area contributed by atoms with Crippen LogP contribution in [0.3, 0.4) is 0 Å². The Labute approximate surface area is 116 Å². The Kier molecular flexibility index (Phi) is 7.63. The highest BCUT2D eigenvalue weighted by atomic mass is 16.7. The lowest BCUT2D eigenvalue weighted by Crippen LogP contribution is -2.36. The Hall–Kier alpha value is -0.970. The average molecular weight is 266 g/mol. The second-order valence-electron chi connectivity index (χ2n) is 4.44. The van der Waals surface area contributed by atoms with Crippen LogP contribution in [-0.4, -0.2) is 31.0 Å². The SMILES string of the molecule is CCCNC(c1ccc(C)nc1)C(OCC)OCC. The highest BCUT2D eigenvalue weighted by Crippen LogP contribution is 2.20. The number of aromatic nitrogens is 1. The van der Waals surface area contributed by atoms with E-state index in [9.17, 15) is 0 Å². The van der Waals surface area contributed by atoms with Gasteiger partial charge in [0.05, 0.1) is 6.04 Å². The first-order valence-electron chi connectivity index (χ1n) is 7.12. The Morgan fingerprint density at radius 2 is 1.84 bits per heavy atom. The minimum Gasteiger partial charge on any atom is -0.351 e. The first-order chi connectivity index (χ1) is 9.22. The smallest absolute Gasteiger partial charge is 0.176 e. The van der Waals surface area contributed by atoms with Gasteiger partial charge in [0.15, 0.2) is 6.29 Å². The molecule has 4 nitrogen and oxygen atoms in total. The van der Waals surface area contributed by atoms with Gasteiger partial charge in [0.2, 0.25) is 0 Å². The predicted molar refractivity (Wildman–Crippen MR) is 77.0 cm³/mol. The number of hydrogen-bond donors (Lipinski definition) is 1. The summed E-state index contributed by atoms with van der Waals surface area (Å²) in [5, 5.41) is 3.48. The normalized spacial score (nSPS) is 12.9. The Bertz CT molecular complexity index is 335. The van der Waals surface area contributed by atoms with Gasteiger partial charge in [-0.2, -0.15) is 0 Å². The third-order valence-corrected chi connectivity index (χ3v) is 2.84. The largest absolute Gasteiger partial charge is 0.351 e. The van der Waals surface area contributed by atoms with Gasteiger partial charge >= 0.3 is 0 Å². The second-order valence-corrected chi connectivity index (χ2v) is 4.44. The number of nitrogens with one attached hydrogen (secondary N) is 1. The summed E-state index contributed by atoms with van der Waals surface area (Å²) < 4.78 is 11.4. The van der Waals surface area contributed by atoms with Crippen molar-refractivity contribution >= 4 is 0 Å². The first-order valence-corrected chi connectivity index (χ1v) is 7.12. The van der Waals surface area contributed by atoms with E-state index in [1.807, 2.05) is 33.0 Å². The van der Waals surface area contributed by atoms with Crippen LogP contribution in [0.25, 0.3) is 0 Å². The molecule has 0 bridgehead atoms. The molecular formula is C15H26N2O2. The van der Waals surface area contributed by atoms with Crippen molar-refractivity contribution in [1.29, 1.82) is 0 Å². The van der Waals surface area contributed by atoms with Gasteiger partial charge in [0, 0.05) is 25.1 Å². The molecule has 1 atom stereocenters. The lowest BCUT2D eigenvalue weighted by Gasteiger charge is -2.27. The van der Waals surface area contributed by atoms with Crippen LogP contribution < -0.4 is 5.32 Å². The number of pyridine rings is 1. The minimum absolute atomic E-state index is 0.0212. The van der Waals surface area contributed by atoms with Gasteiger partial charge in [0.25, 0.3) is 0 Å². The molecule has 1 aromatic rings. The molecule has 1 aromatic heterocycles. The van der Waals surface area contributed by atoms with Gasteiger partial charge in [-0.3, -0.25) is 4.98 Å². The zero-order chi connectivity index (χ0) is 14.1. The molecule has 108 valence electrons. The standard InChI is InChI=1S/C15H26N2O2/c1-5-10-16-14(15(18-6-2)19-7-3)13-9-8-12(4)17-11-13/h8-9,11,14-16H,5-7,10H2,1-4H3. The summed E-state index contributed by atoms with van der Waals surface area (Å²) in [5.74, 6) is 0. The van der Waals surface area contributed by atoms with Gasteiger partial charge in [0.1, 0.15) is 0 Å². The number of rotatable bonds is 9. The van der Waals surface area contributed by atoms with Gasteiger partial charge in [-0.05, 0) is 45.4 Å². The van der Waals surface area contributed by atoms with Crippen molar-refractivity contribution in [2.24, 2.45) is 0 Å². The Morgan fingerprint density at radius 1 is 1.16 bits per heavy atom. The van der Waals surface area contributed by atoms with Crippen LogP contribution in [0.15, 0.2) is 18.3 Å². The molecule has 0 fully saturated rings. The molecular weight excluding hydrogens is 240 g/mol. The molecule has 0 aliphatic heterocycles. The fraction of sp³-hybridized carbons (Fsp3) is 0.667. The van der Waals surface area contributed by atoms with Crippen molar-refractivity contribution in [3.05, 3.63) is 29.6 Å². The molecule has 0 aliphatic carbocycles. The summed E-state index contributed by atoms with van der Waals surface area (Å²) >= 11 is 0. The van der Waals surface area contributed by atoms with E-state index >= 15 is 0 Å². The first kappa shape index (κ1) is 16.1. The molecule has 19 heavy (non-hydrogen) atoms. The van der Waals surface area contributed by atoms with E-state index < -0.39 is 0 Å². The minimum atomic E-state index is -0.272. The van der Waals surface area contributed by atoms with Gasteiger partial charge in [-0.1, -0.05) is 13.0 Å². The molecule has 1 heterocycles. The number of hydrogen-bond acceptors (Lipinski definition) is 4. The monoisotopic (exact) mass is 266 g/mol. The molecule has 0 amide bonds. The maximum Gasteiger partial charge on any atom is 0.176 e. The summed E-state index contributed by atoms with van der Waals surface area (Å²) in [6.45, 7) is 10.3. The molecule has 1 N–H and O–H groups in total. The van der Waals surface area contributed by atoms with E-state index in [0.717, 1.165) is 24.2 Å². The van der Waals surface area contributed by atoms with Crippen LogP contribution in [-0.2, 0) is 9.47 Å². The zero-order valence-corrected chi connectivity index (χ0v) is 12.5. The molecule has 4 heteroatoms. The maximum absolute atomic E-state index is 5.71. The van der Waals surface area contributed by atoms with Crippen LogP contribution in [0.2, 0.25) is 0 Å². The van der Waals surface area contributed by atoms with Crippen LogP contribution >= 0.6 is 0 Å². The summed E-state index contributed by atoms with van der Waals surface area (Å²) in [5.41, 5.74) is 2.12. The number of nitrogens with zero attached hydrogens (tertiary/aromatic N) is 1. The van der Waals surface area contributed by atoms with Gasteiger partial charge < -0.3 is 14.8 Å². The van der Waals surface area contributed by atoms with Crippen molar-refractivity contribution in [3.8, 4) is 0 Å². The van der Waals surface area contributed by atoms with E-state index in [1.54, 1.807) is 0 Å². The average Bonchev–Trinajstić information content (AvgIpc) is 2.41. The number of aryl methyl sites for hydroxylation is 1. The van der Waals surface area contributed by atoms with E-state index in [-0.39, 0.29) is 12.3 Å². The van der Waals surface area contributed by atoms with Gasteiger partial charge in [-0.25, -0.2) is 0 Å². The molecule has 0 aliphatic rings. The molecule has 1 rings (SSSR count). The summed E-state index contributed by atoms with van der Waals surface area (Å²) in [4.78, 5) is 4.36. The lowest BCUT2D eigenvalue weighted by atomic mass is 10.1. The third-order valence-electron chi connectivity index (χ3n) is 2.84. The van der Waals surface area contributed by atoms with Crippen LogP contribution in [0.5, 0.6) is 0 Å². The molecule has 0 radical (unpaired) electrons. The second kappa shape index (κ2) is 9.02. The van der Waals surface area contributed by atoms with E-state index in [0.29, 0.717) is 13.2 Å². The van der Waals surface area contributed by atoms with Crippen molar-refractivity contribution in [3.63, 3.8) is 0 Å². The fourth-order valence-electron chi connectivity index (χ4n) is 1.90. The lowest BCUT2D eigenvalue weighted by molar-refractivity contribution is -0.155. The fourth-order valence-corrected chi connectivity index (χ4v) is 1.90.